The molecule has 1 fully saturated rings. The van der Waals surface area contributed by atoms with E-state index in [2.05, 4.69) is 36.5 Å². The molecule has 0 amide bonds. The Morgan fingerprint density at radius 1 is 0.426 bits per heavy atom. The van der Waals surface area contributed by atoms with Gasteiger partial charge in [0.15, 0.2) is 0 Å². The van der Waals surface area contributed by atoms with Gasteiger partial charge < -0.3 is 62.2 Å². The van der Waals surface area contributed by atoms with E-state index in [0.29, 0.717) is 151 Å². The van der Waals surface area contributed by atoms with Crippen LogP contribution in [0.3, 0.4) is 0 Å². The topological polar surface area (TPSA) is 123 Å². The minimum atomic E-state index is 0.371. The van der Waals surface area contributed by atoms with Crippen molar-refractivity contribution in [1.29, 1.82) is 0 Å². The molecule has 316 valence electrons. The lowest BCUT2D eigenvalue weighted by Gasteiger charge is -2.22. The van der Waals surface area contributed by atoms with Crippen molar-refractivity contribution < 1.29 is 56.8 Å². The Morgan fingerprint density at radius 2 is 0.778 bits per heavy atom. The Bertz CT molecular complexity index is 878. The molecule has 1 aliphatic rings. The highest BCUT2D eigenvalue weighted by Crippen LogP contribution is 2.15. The molecule has 1 aromatic carbocycles. The molecule has 0 atom stereocenters. The summed E-state index contributed by atoms with van der Waals surface area (Å²) in [6.45, 7) is 16.1. The third-order valence-electron chi connectivity index (χ3n) is 8.45. The van der Waals surface area contributed by atoms with E-state index in [0.717, 1.165) is 38.1 Å². The Kier molecular flexibility index (Phi) is 35.9. The SMILES string of the molecule is CCCCCCCCc1ccc(OCCOCCOCCOCCOCCOCCOCCOCCOCCOCCOCCOC2CCNCC2)cc1. The number of piperidine rings is 1. The highest BCUT2D eigenvalue weighted by Gasteiger charge is 2.12. The Balaban J connectivity index is 1.16. The van der Waals surface area contributed by atoms with E-state index in [4.69, 9.17) is 56.8 Å². The fourth-order valence-electron chi connectivity index (χ4n) is 5.40. The normalized spacial score (nSPS) is 13.6. The van der Waals surface area contributed by atoms with Crippen LogP contribution in [0, 0.1) is 0 Å². The summed E-state index contributed by atoms with van der Waals surface area (Å²) < 4.78 is 66.9. The predicted octanol–water partition coefficient (Wildman–Crippen LogP) is 4.90. The van der Waals surface area contributed by atoms with Crippen LogP contribution in [0.15, 0.2) is 24.3 Å². The van der Waals surface area contributed by atoms with E-state index in [1.807, 2.05) is 0 Å². The lowest BCUT2D eigenvalue weighted by Crippen LogP contribution is -2.33. The summed E-state index contributed by atoms with van der Waals surface area (Å²) >= 11 is 0. The molecule has 1 aromatic rings. The monoisotopic (exact) mass is 774 g/mol. The van der Waals surface area contributed by atoms with Crippen LogP contribution in [0.4, 0.5) is 0 Å². The van der Waals surface area contributed by atoms with Gasteiger partial charge in [-0.2, -0.15) is 0 Å². The number of nitrogens with one attached hydrogen (secondary N) is 1. The Labute approximate surface area is 326 Å². The maximum Gasteiger partial charge on any atom is 0.119 e. The number of benzene rings is 1. The molecular formula is C41H75NO12. The maximum absolute atomic E-state index is 5.80. The van der Waals surface area contributed by atoms with Crippen LogP contribution in [0.1, 0.15) is 63.9 Å². The number of unbranched alkanes of at least 4 members (excludes halogenated alkanes) is 5. The van der Waals surface area contributed by atoms with E-state index < -0.39 is 0 Å². The zero-order valence-corrected chi connectivity index (χ0v) is 33.6. The second-order valence-corrected chi connectivity index (χ2v) is 13.0. The van der Waals surface area contributed by atoms with Crippen molar-refractivity contribution in [3.63, 3.8) is 0 Å². The fraction of sp³-hybridized carbons (Fsp3) is 0.854. The van der Waals surface area contributed by atoms with Gasteiger partial charge in [-0.05, 0) is 56.5 Å². The molecule has 1 N–H and O–H groups in total. The molecule has 1 saturated heterocycles. The highest BCUT2D eigenvalue weighted by atomic mass is 16.6. The summed E-state index contributed by atoms with van der Waals surface area (Å²) in [6, 6.07) is 8.44. The van der Waals surface area contributed by atoms with Crippen molar-refractivity contribution in [3.8, 4) is 5.75 Å². The van der Waals surface area contributed by atoms with Crippen molar-refractivity contribution in [2.24, 2.45) is 0 Å². The Hall–Kier alpha value is -1.46. The van der Waals surface area contributed by atoms with E-state index in [9.17, 15) is 0 Å². The second-order valence-electron chi connectivity index (χ2n) is 13.0. The minimum Gasteiger partial charge on any atom is -0.491 e. The predicted molar refractivity (Wildman–Crippen MR) is 209 cm³/mol. The number of hydrogen-bond acceptors (Lipinski definition) is 13. The van der Waals surface area contributed by atoms with Crippen LogP contribution in [-0.2, 0) is 58.5 Å². The van der Waals surface area contributed by atoms with Gasteiger partial charge in [-0.1, -0.05) is 51.2 Å². The van der Waals surface area contributed by atoms with E-state index in [1.54, 1.807) is 0 Å². The molecule has 2 rings (SSSR count). The van der Waals surface area contributed by atoms with Crippen LogP contribution in [0.2, 0.25) is 0 Å². The number of rotatable bonds is 42. The molecule has 54 heavy (non-hydrogen) atoms. The smallest absolute Gasteiger partial charge is 0.119 e. The van der Waals surface area contributed by atoms with Crippen molar-refractivity contribution in [1.82, 2.24) is 5.32 Å². The maximum atomic E-state index is 5.80. The minimum absolute atomic E-state index is 0.371. The summed E-state index contributed by atoms with van der Waals surface area (Å²) in [4.78, 5) is 0. The van der Waals surface area contributed by atoms with Gasteiger partial charge in [-0.15, -0.1) is 0 Å². The first-order valence-electron chi connectivity index (χ1n) is 20.7. The number of ether oxygens (including phenoxy) is 12. The lowest BCUT2D eigenvalue weighted by atomic mass is 10.0. The van der Waals surface area contributed by atoms with Gasteiger partial charge in [0.05, 0.1) is 145 Å². The zero-order chi connectivity index (χ0) is 38.1. The first-order valence-corrected chi connectivity index (χ1v) is 20.7. The van der Waals surface area contributed by atoms with Crippen molar-refractivity contribution >= 4 is 0 Å². The standard InChI is InChI=1S/C41H75NO12/c1-2-3-4-5-6-7-8-39-9-11-40(12-10-39)53-37-35-51-33-31-49-29-27-47-25-23-45-21-19-43-17-18-44-20-22-46-24-26-48-28-30-50-32-34-52-36-38-54-41-13-15-42-16-14-41/h9-12,41-42H,2-8,13-38H2,1H3. The van der Waals surface area contributed by atoms with Crippen LogP contribution >= 0.6 is 0 Å². The molecule has 0 saturated carbocycles. The van der Waals surface area contributed by atoms with E-state index >= 15 is 0 Å². The first-order chi connectivity index (χ1) is 26.9. The molecule has 0 bridgehead atoms. The summed E-state index contributed by atoms with van der Waals surface area (Å²) in [6.07, 6.45) is 11.6. The molecule has 0 aromatic heterocycles. The molecular weight excluding hydrogens is 698 g/mol. The highest BCUT2D eigenvalue weighted by molar-refractivity contribution is 5.27. The molecule has 0 spiro atoms. The van der Waals surface area contributed by atoms with Gasteiger partial charge in [-0.25, -0.2) is 0 Å². The summed E-state index contributed by atoms with van der Waals surface area (Å²) in [5.74, 6) is 0.886. The van der Waals surface area contributed by atoms with Crippen molar-refractivity contribution in [2.75, 3.05) is 158 Å². The third kappa shape index (κ3) is 32.8. The summed E-state index contributed by atoms with van der Waals surface area (Å²) in [7, 11) is 0. The van der Waals surface area contributed by atoms with Gasteiger partial charge in [-0.3, -0.25) is 0 Å². The van der Waals surface area contributed by atoms with Gasteiger partial charge in [0.25, 0.3) is 0 Å². The largest absolute Gasteiger partial charge is 0.491 e. The second kappa shape index (κ2) is 39.8. The van der Waals surface area contributed by atoms with Gasteiger partial charge in [0.2, 0.25) is 0 Å². The van der Waals surface area contributed by atoms with Gasteiger partial charge in [0.1, 0.15) is 12.4 Å². The Morgan fingerprint density at radius 3 is 1.19 bits per heavy atom. The first kappa shape index (κ1) is 48.7. The van der Waals surface area contributed by atoms with Crippen LogP contribution in [-0.4, -0.2) is 165 Å². The molecule has 1 heterocycles. The van der Waals surface area contributed by atoms with E-state index in [1.165, 1.54) is 44.1 Å². The van der Waals surface area contributed by atoms with Crippen molar-refractivity contribution in [3.05, 3.63) is 29.8 Å². The van der Waals surface area contributed by atoms with Gasteiger partial charge >= 0.3 is 0 Å². The zero-order valence-electron chi connectivity index (χ0n) is 33.6. The molecule has 13 nitrogen and oxygen atoms in total. The third-order valence-corrected chi connectivity index (χ3v) is 8.45. The number of aryl methyl sites for hydroxylation is 1. The van der Waals surface area contributed by atoms with Crippen LogP contribution in [0.25, 0.3) is 0 Å². The van der Waals surface area contributed by atoms with Crippen molar-refractivity contribution in [2.45, 2.75) is 70.8 Å². The lowest BCUT2D eigenvalue weighted by molar-refractivity contribution is -0.0324. The van der Waals surface area contributed by atoms with Gasteiger partial charge in [0, 0.05) is 0 Å². The van der Waals surface area contributed by atoms with Crippen LogP contribution < -0.4 is 10.1 Å². The molecule has 0 unspecified atom stereocenters. The quantitative estimate of drug-likeness (QED) is 0.0908. The average Bonchev–Trinajstić information content (AvgIpc) is 3.20. The number of hydrogen-bond donors (Lipinski definition) is 1. The van der Waals surface area contributed by atoms with E-state index in [-0.39, 0.29) is 0 Å². The summed E-state index contributed by atoms with van der Waals surface area (Å²) in [5, 5.41) is 3.33. The summed E-state index contributed by atoms with van der Waals surface area (Å²) in [5.41, 5.74) is 1.38. The average molecular weight is 774 g/mol. The molecule has 13 heteroatoms. The van der Waals surface area contributed by atoms with Crippen LogP contribution in [0.5, 0.6) is 5.75 Å². The molecule has 1 aliphatic heterocycles. The molecule has 0 radical (unpaired) electrons. The molecule has 0 aliphatic carbocycles. The fourth-order valence-corrected chi connectivity index (χ4v) is 5.40.